The molecule has 4 nitrogen and oxygen atoms in total. The quantitative estimate of drug-likeness (QED) is 0.340. The lowest BCUT2D eigenvalue weighted by Gasteiger charge is -2.17. The highest BCUT2D eigenvalue weighted by atomic mass is 32.1. The van der Waals surface area contributed by atoms with Gasteiger partial charge >= 0.3 is 0 Å². The predicted molar refractivity (Wildman–Crippen MR) is 135 cm³/mol. The first kappa shape index (κ1) is 23.7. The summed E-state index contributed by atoms with van der Waals surface area (Å²) in [5.41, 5.74) is 3.56. The van der Waals surface area contributed by atoms with Crippen LogP contribution >= 0.6 is 11.3 Å². The number of thiophene rings is 1. The van der Waals surface area contributed by atoms with Crippen LogP contribution in [0.15, 0.2) is 57.7 Å². The normalized spacial score (nSPS) is 12.0. The molecule has 0 atom stereocenters. The van der Waals surface area contributed by atoms with Gasteiger partial charge in [0.05, 0.1) is 6.54 Å². The van der Waals surface area contributed by atoms with Crippen LogP contribution in [0, 0.1) is 17.3 Å². The molecule has 0 bridgehead atoms. The number of rotatable bonds is 9. The average Bonchev–Trinajstić information content (AvgIpc) is 3.44. The van der Waals surface area contributed by atoms with Crippen molar-refractivity contribution in [1.82, 2.24) is 15.1 Å². The molecule has 0 unspecified atom stereocenters. The molecule has 0 spiro atoms. The van der Waals surface area contributed by atoms with Gasteiger partial charge in [0.1, 0.15) is 0 Å². The van der Waals surface area contributed by atoms with E-state index in [2.05, 4.69) is 102 Å². The molecule has 3 aromatic rings. The molecule has 2 heterocycles. The van der Waals surface area contributed by atoms with Crippen LogP contribution in [0.4, 0.5) is 0 Å². The molecule has 1 aromatic carbocycles. The number of allylic oxidation sites excluding steroid dienone is 1. The molecule has 2 aromatic heterocycles. The van der Waals surface area contributed by atoms with Gasteiger partial charge in [-0.3, -0.25) is 4.90 Å². The third kappa shape index (κ3) is 7.96. The van der Waals surface area contributed by atoms with Crippen LogP contribution in [-0.2, 0) is 6.54 Å². The van der Waals surface area contributed by atoms with Gasteiger partial charge < -0.3 is 4.42 Å². The van der Waals surface area contributed by atoms with Crippen LogP contribution in [0.2, 0.25) is 0 Å². The number of nitrogens with zero attached hydrogens (tertiary/aromatic N) is 3. The Hall–Kier alpha value is -2.94. The summed E-state index contributed by atoms with van der Waals surface area (Å²) >= 11 is 1.70. The Labute approximate surface area is 195 Å². The molecule has 3 rings (SSSR count). The van der Waals surface area contributed by atoms with E-state index in [4.69, 9.17) is 4.42 Å². The topological polar surface area (TPSA) is 42.2 Å². The van der Waals surface area contributed by atoms with Gasteiger partial charge in [0.2, 0.25) is 11.8 Å². The van der Waals surface area contributed by atoms with Crippen molar-refractivity contribution in [2.45, 2.75) is 40.7 Å². The molecular formula is C27H31N3OS. The zero-order valence-corrected chi connectivity index (χ0v) is 20.2. The second kappa shape index (κ2) is 11.6. The first-order valence-corrected chi connectivity index (χ1v) is 11.9. The summed E-state index contributed by atoms with van der Waals surface area (Å²) in [4.78, 5) is 2.28. The summed E-state index contributed by atoms with van der Waals surface area (Å²) in [6, 6.07) is 10.5. The molecule has 0 aliphatic rings. The van der Waals surface area contributed by atoms with Crippen molar-refractivity contribution in [2.24, 2.45) is 5.41 Å². The first-order valence-electron chi connectivity index (χ1n) is 11.0. The van der Waals surface area contributed by atoms with Crippen molar-refractivity contribution in [3.8, 4) is 23.0 Å². The van der Waals surface area contributed by atoms with Gasteiger partial charge in [0.15, 0.2) is 0 Å². The minimum atomic E-state index is 0.0202. The number of hydrogen-bond donors (Lipinski definition) is 0. The van der Waals surface area contributed by atoms with Crippen LogP contribution in [0.3, 0.4) is 0 Å². The Morgan fingerprint density at radius 3 is 2.75 bits per heavy atom. The van der Waals surface area contributed by atoms with Crippen molar-refractivity contribution < 1.29 is 4.42 Å². The predicted octanol–water partition coefficient (Wildman–Crippen LogP) is 6.79. The molecular weight excluding hydrogens is 414 g/mol. The van der Waals surface area contributed by atoms with Crippen LogP contribution in [-0.4, -0.2) is 28.2 Å². The molecule has 0 N–H and O–H groups in total. The molecule has 0 aliphatic heterocycles. The smallest absolute Gasteiger partial charge is 0.240 e. The van der Waals surface area contributed by atoms with Gasteiger partial charge in [-0.25, -0.2) is 0 Å². The number of hydrogen-bond acceptors (Lipinski definition) is 5. The van der Waals surface area contributed by atoms with Crippen molar-refractivity contribution in [1.29, 1.82) is 0 Å². The molecule has 0 fully saturated rings. The molecule has 0 radical (unpaired) electrons. The highest BCUT2D eigenvalue weighted by Gasteiger charge is 2.09. The summed E-state index contributed by atoms with van der Waals surface area (Å²) in [7, 11) is 0. The Kier molecular flexibility index (Phi) is 8.61. The lowest BCUT2D eigenvalue weighted by molar-refractivity contribution is 0.262. The Balaban J connectivity index is 1.59. The van der Waals surface area contributed by atoms with Gasteiger partial charge in [0, 0.05) is 18.0 Å². The fraction of sp³-hybridized carbons (Fsp3) is 0.333. The van der Waals surface area contributed by atoms with E-state index in [0.717, 1.165) is 25.1 Å². The van der Waals surface area contributed by atoms with Crippen LogP contribution < -0.4 is 0 Å². The molecule has 0 saturated carbocycles. The third-order valence-electron chi connectivity index (χ3n) is 4.55. The maximum Gasteiger partial charge on any atom is 0.240 e. The van der Waals surface area contributed by atoms with Crippen molar-refractivity contribution in [3.05, 3.63) is 70.6 Å². The molecule has 5 heteroatoms. The fourth-order valence-electron chi connectivity index (χ4n) is 3.08. The lowest BCUT2D eigenvalue weighted by Crippen LogP contribution is -2.24. The summed E-state index contributed by atoms with van der Waals surface area (Å²) in [6.45, 7) is 10.9. The molecule has 32 heavy (non-hydrogen) atoms. The number of benzene rings is 1. The van der Waals surface area contributed by atoms with E-state index < -0.39 is 0 Å². The summed E-state index contributed by atoms with van der Waals surface area (Å²) in [5.74, 6) is 7.48. The minimum absolute atomic E-state index is 0.0202. The number of aromatic nitrogens is 2. The maximum atomic E-state index is 5.86. The molecule has 0 amide bonds. The second-order valence-electron chi connectivity index (χ2n) is 8.66. The first-order chi connectivity index (χ1) is 15.4. The van der Waals surface area contributed by atoms with E-state index in [-0.39, 0.29) is 5.41 Å². The van der Waals surface area contributed by atoms with E-state index in [1.807, 2.05) is 18.2 Å². The van der Waals surface area contributed by atoms with E-state index in [1.165, 1.54) is 11.1 Å². The van der Waals surface area contributed by atoms with E-state index >= 15 is 0 Å². The molecule has 0 aliphatic carbocycles. The van der Waals surface area contributed by atoms with Crippen LogP contribution in [0.1, 0.15) is 51.5 Å². The molecule has 0 saturated heterocycles. The van der Waals surface area contributed by atoms with Crippen molar-refractivity contribution in [2.75, 3.05) is 13.1 Å². The van der Waals surface area contributed by atoms with Gasteiger partial charge in [-0.15, -0.1) is 10.2 Å². The largest absolute Gasteiger partial charge is 0.420 e. The fourth-order valence-corrected chi connectivity index (χ4v) is 3.74. The van der Waals surface area contributed by atoms with Gasteiger partial charge in [-0.2, -0.15) is 11.3 Å². The zero-order chi connectivity index (χ0) is 22.8. The van der Waals surface area contributed by atoms with Gasteiger partial charge in [-0.1, -0.05) is 43.0 Å². The summed E-state index contributed by atoms with van der Waals surface area (Å²) in [5, 5.41) is 12.7. The Bertz CT molecular complexity index is 1090. The standard InChI is InChI=1S/C27H31N3OS/c1-5-16-30(17-8-6-7-15-27(2,3)4)20-26-29-28-25(31-26)13-12-22-10-9-11-23(19-22)24-14-18-32-21-24/h6,8-14,18-19,21H,5,16-17,20H2,1-4H3. The second-order valence-corrected chi connectivity index (χ2v) is 9.44. The highest BCUT2D eigenvalue weighted by Crippen LogP contribution is 2.23. The summed E-state index contributed by atoms with van der Waals surface area (Å²) in [6.07, 6.45) is 8.96. The third-order valence-corrected chi connectivity index (χ3v) is 5.24. The van der Waals surface area contributed by atoms with E-state index in [1.54, 1.807) is 11.3 Å². The van der Waals surface area contributed by atoms with Crippen molar-refractivity contribution >= 4 is 23.5 Å². The summed E-state index contributed by atoms with van der Waals surface area (Å²) < 4.78 is 5.86. The lowest BCUT2D eigenvalue weighted by atomic mass is 9.98. The maximum absolute atomic E-state index is 5.86. The monoisotopic (exact) mass is 445 g/mol. The zero-order valence-electron chi connectivity index (χ0n) is 19.3. The van der Waals surface area contributed by atoms with Crippen molar-refractivity contribution in [3.63, 3.8) is 0 Å². The van der Waals surface area contributed by atoms with Gasteiger partial charge in [0.25, 0.3) is 0 Å². The molecule has 166 valence electrons. The SMILES string of the molecule is CCCN(CC=CC#CC(C)(C)C)Cc1nnc(C=Cc2cccc(-c3ccsc3)c2)o1. The van der Waals surface area contributed by atoms with Crippen LogP contribution in [0.5, 0.6) is 0 Å². The van der Waals surface area contributed by atoms with E-state index in [9.17, 15) is 0 Å². The average molecular weight is 446 g/mol. The van der Waals surface area contributed by atoms with E-state index in [0.29, 0.717) is 18.3 Å². The highest BCUT2D eigenvalue weighted by molar-refractivity contribution is 7.08. The minimum Gasteiger partial charge on any atom is -0.420 e. The Morgan fingerprint density at radius 2 is 2.00 bits per heavy atom. The van der Waals surface area contributed by atoms with Gasteiger partial charge in [-0.05, 0) is 85.5 Å². The van der Waals surface area contributed by atoms with Crippen LogP contribution in [0.25, 0.3) is 23.3 Å². The Morgan fingerprint density at radius 1 is 1.12 bits per heavy atom.